The Hall–Kier alpha value is -0.620. The van der Waals surface area contributed by atoms with E-state index in [2.05, 4.69) is 5.10 Å². The SMILES string of the molecule is CC(C)n1ncc(Cl)c1C(O)CC1OCCO1. The van der Waals surface area contributed by atoms with Crippen LogP contribution >= 0.6 is 11.6 Å². The van der Waals surface area contributed by atoms with Crippen LogP contribution < -0.4 is 0 Å². The number of aliphatic hydroxyl groups excluding tert-OH is 1. The van der Waals surface area contributed by atoms with Gasteiger partial charge in [0.05, 0.1) is 30.1 Å². The summed E-state index contributed by atoms with van der Waals surface area (Å²) in [5.41, 5.74) is 0.626. The van der Waals surface area contributed by atoms with E-state index in [0.717, 1.165) is 0 Å². The molecule has 6 heteroatoms. The first-order valence-electron chi connectivity index (χ1n) is 5.73. The lowest BCUT2D eigenvalue weighted by Gasteiger charge is -2.18. The molecule has 1 aliphatic heterocycles. The molecule has 0 amide bonds. The predicted octanol–water partition coefficient (Wildman–Crippen LogP) is 1.91. The van der Waals surface area contributed by atoms with Crippen molar-refractivity contribution in [3.8, 4) is 0 Å². The van der Waals surface area contributed by atoms with Gasteiger partial charge < -0.3 is 14.6 Å². The summed E-state index contributed by atoms with van der Waals surface area (Å²) >= 11 is 6.04. The van der Waals surface area contributed by atoms with E-state index in [1.54, 1.807) is 10.9 Å². The quantitative estimate of drug-likeness (QED) is 0.899. The minimum Gasteiger partial charge on any atom is -0.387 e. The van der Waals surface area contributed by atoms with E-state index in [9.17, 15) is 5.11 Å². The number of halogens is 1. The van der Waals surface area contributed by atoms with Crippen LogP contribution in [0.15, 0.2) is 6.20 Å². The lowest BCUT2D eigenvalue weighted by Crippen LogP contribution is -2.17. The number of ether oxygens (including phenoxy) is 2. The maximum absolute atomic E-state index is 10.2. The molecule has 1 aliphatic rings. The molecule has 1 aromatic rings. The average molecular weight is 261 g/mol. The topological polar surface area (TPSA) is 56.5 Å². The summed E-state index contributed by atoms with van der Waals surface area (Å²) in [5.74, 6) is 0. The van der Waals surface area contributed by atoms with Crippen LogP contribution in [-0.2, 0) is 9.47 Å². The third-order valence-corrected chi connectivity index (χ3v) is 2.99. The molecule has 2 heterocycles. The van der Waals surface area contributed by atoms with E-state index < -0.39 is 6.10 Å². The number of nitrogens with zero attached hydrogens (tertiary/aromatic N) is 2. The van der Waals surface area contributed by atoms with Crippen molar-refractivity contribution in [2.24, 2.45) is 0 Å². The summed E-state index contributed by atoms with van der Waals surface area (Å²) in [6, 6.07) is 0.151. The summed E-state index contributed by atoms with van der Waals surface area (Å²) in [7, 11) is 0. The smallest absolute Gasteiger partial charge is 0.160 e. The molecule has 1 aromatic heterocycles. The van der Waals surface area contributed by atoms with Gasteiger partial charge in [-0.05, 0) is 13.8 Å². The van der Waals surface area contributed by atoms with Crippen LogP contribution in [0.2, 0.25) is 5.02 Å². The van der Waals surface area contributed by atoms with Gasteiger partial charge in [0.2, 0.25) is 0 Å². The first-order chi connectivity index (χ1) is 8.09. The molecule has 0 aromatic carbocycles. The van der Waals surface area contributed by atoms with Crippen molar-refractivity contribution in [1.82, 2.24) is 9.78 Å². The molecule has 0 bridgehead atoms. The first-order valence-corrected chi connectivity index (χ1v) is 6.11. The van der Waals surface area contributed by atoms with Gasteiger partial charge >= 0.3 is 0 Å². The maximum atomic E-state index is 10.2. The third kappa shape index (κ3) is 2.80. The number of aliphatic hydroxyl groups is 1. The highest BCUT2D eigenvalue weighted by molar-refractivity contribution is 6.31. The fraction of sp³-hybridized carbons (Fsp3) is 0.727. The monoisotopic (exact) mass is 260 g/mol. The summed E-state index contributed by atoms with van der Waals surface area (Å²) in [5, 5.41) is 14.8. The van der Waals surface area contributed by atoms with E-state index in [4.69, 9.17) is 21.1 Å². The second-order valence-electron chi connectivity index (χ2n) is 4.34. The van der Waals surface area contributed by atoms with Crippen molar-refractivity contribution >= 4 is 11.6 Å². The molecule has 1 atom stereocenters. The Kier molecular flexibility index (Phi) is 4.04. The molecule has 2 rings (SSSR count). The molecule has 5 nitrogen and oxygen atoms in total. The van der Waals surface area contributed by atoms with Crippen molar-refractivity contribution in [2.75, 3.05) is 13.2 Å². The van der Waals surface area contributed by atoms with Crippen molar-refractivity contribution < 1.29 is 14.6 Å². The molecule has 0 radical (unpaired) electrons. The maximum Gasteiger partial charge on any atom is 0.160 e. The molecule has 96 valence electrons. The van der Waals surface area contributed by atoms with Crippen LogP contribution in [-0.4, -0.2) is 34.4 Å². The Morgan fingerprint density at radius 2 is 2.18 bits per heavy atom. The van der Waals surface area contributed by atoms with E-state index in [-0.39, 0.29) is 12.3 Å². The fourth-order valence-electron chi connectivity index (χ4n) is 1.91. The van der Waals surface area contributed by atoms with Gasteiger partial charge in [-0.3, -0.25) is 4.68 Å². The molecule has 1 N–H and O–H groups in total. The van der Waals surface area contributed by atoms with Crippen LogP contribution in [0.5, 0.6) is 0 Å². The van der Waals surface area contributed by atoms with E-state index >= 15 is 0 Å². The number of hydrogen-bond acceptors (Lipinski definition) is 4. The molecular weight excluding hydrogens is 244 g/mol. The van der Waals surface area contributed by atoms with E-state index in [0.29, 0.717) is 30.4 Å². The molecule has 0 aliphatic carbocycles. The van der Waals surface area contributed by atoms with Crippen LogP contribution in [0.25, 0.3) is 0 Å². The number of rotatable bonds is 4. The van der Waals surface area contributed by atoms with Crippen LogP contribution in [0.1, 0.15) is 38.1 Å². The van der Waals surface area contributed by atoms with E-state index in [1.807, 2.05) is 13.8 Å². The van der Waals surface area contributed by atoms with Crippen LogP contribution in [0.4, 0.5) is 0 Å². The zero-order chi connectivity index (χ0) is 12.4. The summed E-state index contributed by atoms with van der Waals surface area (Å²) < 4.78 is 12.3. The first kappa shape index (κ1) is 12.8. The van der Waals surface area contributed by atoms with Gasteiger partial charge in [-0.25, -0.2) is 0 Å². The molecule has 0 saturated carbocycles. The molecule has 1 unspecified atom stereocenters. The number of hydrogen-bond donors (Lipinski definition) is 1. The van der Waals surface area contributed by atoms with Gasteiger partial charge in [-0.1, -0.05) is 11.6 Å². The highest BCUT2D eigenvalue weighted by atomic mass is 35.5. The van der Waals surface area contributed by atoms with Crippen molar-refractivity contribution in [1.29, 1.82) is 0 Å². The average Bonchev–Trinajstić information content (AvgIpc) is 2.86. The van der Waals surface area contributed by atoms with Gasteiger partial charge in [-0.15, -0.1) is 0 Å². The predicted molar refractivity (Wildman–Crippen MR) is 62.9 cm³/mol. The fourth-order valence-corrected chi connectivity index (χ4v) is 2.17. The molecule has 1 saturated heterocycles. The Bertz CT molecular complexity index is 375. The Morgan fingerprint density at radius 1 is 1.53 bits per heavy atom. The van der Waals surface area contributed by atoms with Crippen LogP contribution in [0.3, 0.4) is 0 Å². The summed E-state index contributed by atoms with van der Waals surface area (Å²) in [6.45, 7) is 5.13. The standard InChI is InChI=1S/C11H17ClN2O3/c1-7(2)14-11(8(12)6-13-14)9(15)5-10-16-3-4-17-10/h6-7,9-10,15H,3-5H2,1-2H3. The number of aromatic nitrogens is 2. The summed E-state index contributed by atoms with van der Waals surface area (Å²) in [6.07, 6.45) is 0.848. The third-order valence-electron chi connectivity index (χ3n) is 2.70. The zero-order valence-electron chi connectivity index (χ0n) is 9.97. The molecule has 0 spiro atoms. The van der Waals surface area contributed by atoms with Gasteiger partial charge in [0.15, 0.2) is 6.29 Å². The lowest BCUT2D eigenvalue weighted by molar-refractivity contribution is -0.0720. The van der Waals surface area contributed by atoms with Gasteiger partial charge in [-0.2, -0.15) is 5.10 Å². The van der Waals surface area contributed by atoms with Crippen molar-refractivity contribution in [3.05, 3.63) is 16.9 Å². The zero-order valence-corrected chi connectivity index (χ0v) is 10.7. The largest absolute Gasteiger partial charge is 0.387 e. The minimum absolute atomic E-state index is 0.151. The second kappa shape index (κ2) is 5.35. The Labute approximate surface area is 105 Å². The molecule has 17 heavy (non-hydrogen) atoms. The van der Waals surface area contributed by atoms with Crippen molar-refractivity contribution in [3.63, 3.8) is 0 Å². The molecule has 1 fully saturated rings. The van der Waals surface area contributed by atoms with Gasteiger partial charge in [0.25, 0.3) is 0 Å². The Balaban J connectivity index is 2.11. The van der Waals surface area contributed by atoms with Gasteiger partial charge in [0.1, 0.15) is 6.10 Å². The molecular formula is C11H17ClN2O3. The Morgan fingerprint density at radius 3 is 2.76 bits per heavy atom. The lowest BCUT2D eigenvalue weighted by atomic mass is 10.1. The van der Waals surface area contributed by atoms with Crippen molar-refractivity contribution in [2.45, 2.75) is 38.7 Å². The second-order valence-corrected chi connectivity index (χ2v) is 4.75. The highest BCUT2D eigenvalue weighted by Gasteiger charge is 2.25. The summed E-state index contributed by atoms with van der Waals surface area (Å²) in [4.78, 5) is 0. The van der Waals surface area contributed by atoms with E-state index in [1.165, 1.54) is 0 Å². The highest BCUT2D eigenvalue weighted by Crippen LogP contribution is 2.29. The van der Waals surface area contributed by atoms with Crippen LogP contribution in [0, 0.1) is 0 Å². The minimum atomic E-state index is -0.726. The normalized spacial score (nSPS) is 19.1. The van der Waals surface area contributed by atoms with Gasteiger partial charge in [0, 0.05) is 12.5 Å².